The van der Waals surface area contributed by atoms with Gasteiger partial charge in [-0.05, 0) is 40.2 Å². The van der Waals surface area contributed by atoms with E-state index in [1.165, 1.54) is 12.8 Å². The molecule has 1 heterocycles. The molecule has 0 bridgehead atoms. The van der Waals surface area contributed by atoms with Gasteiger partial charge in [0.15, 0.2) is 9.84 Å². The highest BCUT2D eigenvalue weighted by Gasteiger charge is 2.29. The maximum atomic E-state index is 12.2. The molecule has 1 aliphatic rings. The third kappa shape index (κ3) is 5.68. The van der Waals surface area contributed by atoms with Gasteiger partial charge in [0, 0.05) is 32.8 Å². The van der Waals surface area contributed by atoms with Crippen LogP contribution in [0.15, 0.2) is 0 Å². The first kappa shape index (κ1) is 17.9. The lowest BCUT2D eigenvalue weighted by molar-refractivity contribution is 0.146. The lowest BCUT2D eigenvalue weighted by Gasteiger charge is -2.27. The first-order valence-corrected chi connectivity index (χ1v) is 9.08. The molecule has 1 saturated heterocycles. The molecule has 0 saturated carbocycles. The average molecular weight is 306 g/mol. The minimum atomic E-state index is -3.05. The van der Waals surface area contributed by atoms with E-state index in [0.717, 1.165) is 19.6 Å². The van der Waals surface area contributed by atoms with E-state index in [4.69, 9.17) is 4.74 Å². The Morgan fingerprint density at radius 3 is 2.50 bits per heavy atom. The lowest BCUT2D eigenvalue weighted by atomic mass is 10.2. The minimum absolute atomic E-state index is 0.215. The van der Waals surface area contributed by atoms with Crippen molar-refractivity contribution in [2.24, 2.45) is 0 Å². The van der Waals surface area contributed by atoms with Crippen molar-refractivity contribution in [2.75, 3.05) is 45.6 Å². The first-order chi connectivity index (χ1) is 9.26. The highest BCUT2D eigenvalue weighted by atomic mass is 32.2. The van der Waals surface area contributed by atoms with Crippen LogP contribution in [0, 0.1) is 0 Å². The van der Waals surface area contributed by atoms with Crippen LogP contribution in [0.5, 0.6) is 0 Å². The Balaban J connectivity index is 2.51. The fourth-order valence-electron chi connectivity index (χ4n) is 2.29. The second kappa shape index (κ2) is 7.73. The number of rotatable bonds is 8. The van der Waals surface area contributed by atoms with Gasteiger partial charge < -0.3 is 10.1 Å². The summed E-state index contributed by atoms with van der Waals surface area (Å²) in [6.45, 7) is 9.28. The van der Waals surface area contributed by atoms with Gasteiger partial charge in [-0.25, -0.2) is 8.42 Å². The topological polar surface area (TPSA) is 58.6 Å². The number of hydrogen-bond acceptors (Lipinski definition) is 5. The van der Waals surface area contributed by atoms with Crippen LogP contribution in [0.1, 0.15) is 33.6 Å². The number of sulfone groups is 1. The quantitative estimate of drug-likeness (QED) is 0.722. The minimum Gasteiger partial charge on any atom is -0.383 e. The van der Waals surface area contributed by atoms with Gasteiger partial charge in [-0.15, -0.1) is 0 Å². The third-order valence-electron chi connectivity index (χ3n) is 3.86. The number of hydrogen-bond donors (Lipinski definition) is 1. The largest absolute Gasteiger partial charge is 0.383 e. The van der Waals surface area contributed by atoms with Gasteiger partial charge in [-0.1, -0.05) is 0 Å². The molecule has 120 valence electrons. The molecular weight excluding hydrogens is 276 g/mol. The average Bonchev–Trinajstić information content (AvgIpc) is 2.84. The molecule has 0 aliphatic carbocycles. The number of ether oxygens (including phenoxy) is 1. The first-order valence-electron chi connectivity index (χ1n) is 7.43. The molecule has 0 amide bonds. The molecule has 0 radical (unpaired) electrons. The van der Waals surface area contributed by atoms with Crippen LogP contribution in [-0.2, 0) is 14.6 Å². The van der Waals surface area contributed by atoms with Crippen LogP contribution >= 0.6 is 0 Å². The zero-order chi connectivity index (χ0) is 15.2. The van der Waals surface area contributed by atoms with Crippen molar-refractivity contribution >= 4 is 9.84 Å². The second-order valence-electron chi connectivity index (χ2n) is 6.52. The van der Waals surface area contributed by atoms with Gasteiger partial charge in [0.05, 0.1) is 17.1 Å². The van der Waals surface area contributed by atoms with Crippen LogP contribution in [0.3, 0.4) is 0 Å². The summed E-state index contributed by atoms with van der Waals surface area (Å²) >= 11 is 0. The van der Waals surface area contributed by atoms with Crippen molar-refractivity contribution in [1.82, 2.24) is 10.2 Å². The highest BCUT2D eigenvalue weighted by molar-refractivity contribution is 7.92. The van der Waals surface area contributed by atoms with Crippen molar-refractivity contribution in [2.45, 2.75) is 44.4 Å². The zero-order valence-corrected chi connectivity index (χ0v) is 14.1. The van der Waals surface area contributed by atoms with Crippen LogP contribution in [0.4, 0.5) is 0 Å². The summed E-state index contributed by atoms with van der Waals surface area (Å²) in [5, 5.41) is 3.46. The molecule has 0 aromatic heterocycles. The van der Waals surface area contributed by atoms with Gasteiger partial charge >= 0.3 is 0 Å². The third-order valence-corrected chi connectivity index (χ3v) is 6.45. The van der Waals surface area contributed by atoms with Gasteiger partial charge in [0.1, 0.15) is 0 Å². The zero-order valence-electron chi connectivity index (χ0n) is 13.3. The molecule has 1 fully saturated rings. The summed E-state index contributed by atoms with van der Waals surface area (Å²) in [5.41, 5.74) is 0. The standard InChI is InChI=1S/C14H30N2O3S/c1-14(2,3)20(17,18)11-9-16(8-10-19-4)12-13-6-5-7-15-13/h13,15H,5-12H2,1-4H3. The summed E-state index contributed by atoms with van der Waals surface area (Å²) in [4.78, 5) is 2.20. The molecule has 1 atom stereocenters. The summed E-state index contributed by atoms with van der Waals surface area (Å²) in [6.07, 6.45) is 2.39. The summed E-state index contributed by atoms with van der Waals surface area (Å²) in [6, 6.07) is 0.490. The Kier molecular flexibility index (Phi) is 6.91. The van der Waals surface area contributed by atoms with E-state index in [1.54, 1.807) is 27.9 Å². The maximum Gasteiger partial charge on any atom is 0.156 e. The molecule has 1 rings (SSSR count). The van der Waals surface area contributed by atoms with Gasteiger partial charge in [0.2, 0.25) is 0 Å². The number of nitrogens with zero attached hydrogens (tertiary/aromatic N) is 1. The smallest absolute Gasteiger partial charge is 0.156 e. The van der Waals surface area contributed by atoms with E-state index < -0.39 is 14.6 Å². The Labute approximate surface area is 124 Å². The normalized spacial score (nSPS) is 20.8. The molecule has 20 heavy (non-hydrogen) atoms. The van der Waals surface area contributed by atoms with E-state index in [2.05, 4.69) is 10.2 Å². The van der Waals surface area contributed by atoms with Gasteiger partial charge in [-0.2, -0.15) is 0 Å². The van der Waals surface area contributed by atoms with Crippen LogP contribution in [0.25, 0.3) is 0 Å². The van der Waals surface area contributed by atoms with Crippen molar-refractivity contribution in [3.63, 3.8) is 0 Å². The molecular formula is C14H30N2O3S. The monoisotopic (exact) mass is 306 g/mol. The summed E-state index contributed by atoms with van der Waals surface area (Å²) < 4.78 is 28.8. The van der Waals surface area contributed by atoms with Crippen molar-refractivity contribution in [1.29, 1.82) is 0 Å². The predicted molar refractivity (Wildman–Crippen MR) is 82.9 cm³/mol. The second-order valence-corrected chi connectivity index (χ2v) is 9.38. The molecule has 6 heteroatoms. The Morgan fingerprint density at radius 2 is 2.00 bits per heavy atom. The van der Waals surface area contributed by atoms with E-state index in [0.29, 0.717) is 19.2 Å². The highest BCUT2D eigenvalue weighted by Crippen LogP contribution is 2.16. The van der Waals surface area contributed by atoms with E-state index >= 15 is 0 Å². The van der Waals surface area contributed by atoms with Crippen LogP contribution < -0.4 is 5.32 Å². The Bertz CT molecular complexity index is 370. The van der Waals surface area contributed by atoms with Crippen molar-refractivity contribution in [3.8, 4) is 0 Å². The van der Waals surface area contributed by atoms with E-state index in [9.17, 15) is 8.42 Å². The summed E-state index contributed by atoms with van der Waals surface area (Å²) in [5.74, 6) is 0.215. The molecule has 0 aromatic carbocycles. The molecule has 0 aromatic rings. The molecule has 1 aliphatic heterocycles. The Hall–Kier alpha value is -0.170. The number of nitrogens with one attached hydrogen (secondary N) is 1. The SMILES string of the molecule is COCCN(CCS(=O)(=O)C(C)(C)C)CC1CCCN1. The van der Waals surface area contributed by atoms with Gasteiger partial charge in [-0.3, -0.25) is 4.90 Å². The van der Waals surface area contributed by atoms with Crippen molar-refractivity contribution in [3.05, 3.63) is 0 Å². The lowest BCUT2D eigenvalue weighted by Crippen LogP contribution is -2.43. The fraction of sp³-hybridized carbons (Fsp3) is 1.00. The van der Waals surface area contributed by atoms with Crippen LogP contribution in [0.2, 0.25) is 0 Å². The van der Waals surface area contributed by atoms with Crippen molar-refractivity contribution < 1.29 is 13.2 Å². The molecule has 5 nitrogen and oxygen atoms in total. The molecule has 1 unspecified atom stereocenters. The van der Waals surface area contributed by atoms with E-state index in [1.807, 2.05) is 0 Å². The Morgan fingerprint density at radius 1 is 1.30 bits per heavy atom. The molecule has 0 spiro atoms. The molecule has 1 N–H and O–H groups in total. The number of methoxy groups -OCH3 is 1. The van der Waals surface area contributed by atoms with Gasteiger partial charge in [0.25, 0.3) is 0 Å². The van der Waals surface area contributed by atoms with E-state index in [-0.39, 0.29) is 5.75 Å². The fourth-order valence-corrected chi connectivity index (χ4v) is 3.41. The summed E-state index contributed by atoms with van der Waals surface area (Å²) in [7, 11) is -1.38. The van der Waals surface area contributed by atoms with Crippen LogP contribution in [-0.4, -0.2) is 69.8 Å². The predicted octanol–water partition coefficient (Wildman–Crippen LogP) is 0.900. The maximum absolute atomic E-state index is 12.2.